The number of piperidine rings is 1. The summed E-state index contributed by atoms with van der Waals surface area (Å²) in [4.78, 5) is 22.6. The molecule has 102 valence electrons. The van der Waals surface area contributed by atoms with Crippen molar-refractivity contribution in [1.82, 2.24) is 5.32 Å². The van der Waals surface area contributed by atoms with E-state index >= 15 is 0 Å². The van der Waals surface area contributed by atoms with Gasteiger partial charge in [-0.15, -0.1) is 0 Å². The maximum Gasteiger partial charge on any atom is 0.237 e. The predicted molar refractivity (Wildman–Crippen MR) is 74.8 cm³/mol. The molecule has 1 fully saturated rings. The van der Waals surface area contributed by atoms with Gasteiger partial charge in [0.05, 0.1) is 0 Å². The zero-order chi connectivity index (χ0) is 14.1. The van der Waals surface area contributed by atoms with Gasteiger partial charge in [0.15, 0.2) is 0 Å². The molecule has 3 rings (SSSR count). The van der Waals surface area contributed by atoms with Gasteiger partial charge in [0.2, 0.25) is 11.9 Å². The van der Waals surface area contributed by atoms with E-state index in [2.05, 4.69) is 5.32 Å². The number of nitrogens with one attached hydrogen (secondary N) is 1. The van der Waals surface area contributed by atoms with E-state index in [9.17, 15) is 14.9 Å². The van der Waals surface area contributed by atoms with Gasteiger partial charge in [-0.25, -0.2) is 0 Å². The molecular weight excluding hydrogens is 256 g/mol. The normalized spacial score (nSPS) is 22.5. The first-order valence-corrected chi connectivity index (χ1v) is 6.57. The Bertz CT molecular complexity index is 678. The molecule has 1 amide bonds. The molecule has 0 bridgehead atoms. The number of rotatable bonds is 2. The fourth-order valence-corrected chi connectivity index (χ4v) is 2.82. The summed E-state index contributed by atoms with van der Waals surface area (Å²) in [5.74, 6) is -0.124. The van der Waals surface area contributed by atoms with Crippen LogP contribution in [0.2, 0.25) is 0 Å². The molecule has 0 saturated carbocycles. The molecule has 0 unspecified atom stereocenters. The van der Waals surface area contributed by atoms with Crippen molar-refractivity contribution in [3.63, 3.8) is 0 Å². The molecule has 0 aromatic heterocycles. The third kappa shape index (κ3) is 2.11. The molecule has 1 saturated heterocycles. The molecule has 1 aliphatic heterocycles. The molecule has 1 aliphatic rings. The second-order valence-electron chi connectivity index (χ2n) is 5.00. The molecule has 1 heterocycles. The Labute approximate surface area is 115 Å². The maximum absolute atomic E-state index is 11.6. The summed E-state index contributed by atoms with van der Waals surface area (Å²) in [5.41, 5.74) is 0.817. The van der Waals surface area contributed by atoms with Gasteiger partial charge in [-0.1, -0.05) is 42.5 Å². The molecule has 2 aromatic carbocycles. The lowest BCUT2D eigenvalue weighted by atomic mass is 9.89. The number of hydrogen-bond acceptors (Lipinski definition) is 3. The van der Waals surface area contributed by atoms with Gasteiger partial charge < -0.3 is 5.32 Å². The Balaban J connectivity index is 2.12. The second-order valence-corrected chi connectivity index (χ2v) is 5.00. The van der Waals surface area contributed by atoms with Gasteiger partial charge in [0.1, 0.15) is 6.04 Å². The third-order valence-corrected chi connectivity index (χ3v) is 3.80. The quantitative estimate of drug-likeness (QED) is 0.673. The fourth-order valence-electron chi connectivity index (χ4n) is 2.82. The summed E-state index contributed by atoms with van der Waals surface area (Å²) in [7, 11) is 0. The standard InChI is InChI=1S/C15H14N2O3/c18-14-9-8-13(17(19)20)15(16-14)12-7-3-5-10-4-1-2-6-11(10)12/h1-7,13,15H,8-9H2,(H,16,18)/t13-,15-/m1/s1. The minimum Gasteiger partial charge on any atom is -0.343 e. The van der Waals surface area contributed by atoms with Crippen LogP contribution in [0.5, 0.6) is 0 Å². The average molecular weight is 270 g/mol. The SMILES string of the molecule is O=C1CC[C@@H]([N+](=O)[O-])[C@@H](c2cccc3ccccc23)N1. The first kappa shape index (κ1) is 12.6. The summed E-state index contributed by atoms with van der Waals surface area (Å²) in [5, 5.41) is 16.0. The molecule has 1 N–H and O–H groups in total. The topological polar surface area (TPSA) is 72.2 Å². The van der Waals surface area contributed by atoms with Crippen LogP contribution < -0.4 is 5.32 Å². The van der Waals surface area contributed by atoms with Crippen molar-refractivity contribution >= 4 is 16.7 Å². The Morgan fingerprint density at radius 2 is 1.90 bits per heavy atom. The Morgan fingerprint density at radius 3 is 2.70 bits per heavy atom. The van der Waals surface area contributed by atoms with E-state index in [1.54, 1.807) is 0 Å². The summed E-state index contributed by atoms with van der Waals surface area (Å²) < 4.78 is 0. The van der Waals surface area contributed by atoms with Crippen LogP contribution in [0.1, 0.15) is 24.4 Å². The zero-order valence-electron chi connectivity index (χ0n) is 10.8. The van der Waals surface area contributed by atoms with Crippen molar-refractivity contribution in [2.45, 2.75) is 24.9 Å². The first-order valence-electron chi connectivity index (χ1n) is 6.57. The lowest BCUT2D eigenvalue weighted by molar-refractivity contribution is -0.529. The zero-order valence-corrected chi connectivity index (χ0v) is 10.8. The highest BCUT2D eigenvalue weighted by Crippen LogP contribution is 2.31. The van der Waals surface area contributed by atoms with Gasteiger partial charge in [0.25, 0.3) is 0 Å². The van der Waals surface area contributed by atoms with Crippen LogP contribution in [-0.4, -0.2) is 16.9 Å². The number of hydrogen-bond donors (Lipinski definition) is 1. The highest BCUT2D eigenvalue weighted by molar-refractivity contribution is 5.87. The number of nitrogens with zero attached hydrogens (tertiary/aromatic N) is 1. The number of fused-ring (bicyclic) bond motifs is 1. The highest BCUT2D eigenvalue weighted by Gasteiger charge is 2.38. The average Bonchev–Trinajstić information content (AvgIpc) is 2.46. The maximum atomic E-state index is 11.6. The Kier molecular flexibility index (Phi) is 3.10. The summed E-state index contributed by atoms with van der Waals surface area (Å²) in [6.45, 7) is 0. The van der Waals surface area contributed by atoms with Crippen molar-refractivity contribution < 1.29 is 9.72 Å². The van der Waals surface area contributed by atoms with E-state index in [0.717, 1.165) is 16.3 Å². The van der Waals surface area contributed by atoms with Crippen LogP contribution in [0.15, 0.2) is 42.5 Å². The predicted octanol–water partition coefficient (Wildman–Crippen LogP) is 2.44. The van der Waals surface area contributed by atoms with Crippen molar-refractivity contribution in [2.75, 3.05) is 0 Å². The number of amides is 1. The van der Waals surface area contributed by atoms with Gasteiger partial charge in [-0.2, -0.15) is 0 Å². The Morgan fingerprint density at radius 1 is 1.15 bits per heavy atom. The third-order valence-electron chi connectivity index (χ3n) is 3.80. The molecule has 5 heteroatoms. The molecule has 5 nitrogen and oxygen atoms in total. The van der Waals surface area contributed by atoms with E-state index < -0.39 is 12.1 Å². The first-order chi connectivity index (χ1) is 9.66. The largest absolute Gasteiger partial charge is 0.343 e. The minimum absolute atomic E-state index is 0.124. The smallest absolute Gasteiger partial charge is 0.237 e. The van der Waals surface area contributed by atoms with Crippen LogP contribution in [0.25, 0.3) is 10.8 Å². The monoisotopic (exact) mass is 270 g/mol. The van der Waals surface area contributed by atoms with E-state index in [4.69, 9.17) is 0 Å². The van der Waals surface area contributed by atoms with Crippen molar-refractivity contribution in [3.05, 3.63) is 58.1 Å². The van der Waals surface area contributed by atoms with E-state index in [1.807, 2.05) is 42.5 Å². The number of carbonyl (C=O) groups is 1. The molecular formula is C15H14N2O3. The fraction of sp³-hybridized carbons (Fsp3) is 0.267. The summed E-state index contributed by atoms with van der Waals surface area (Å²) in [6.07, 6.45) is 0.500. The van der Waals surface area contributed by atoms with Gasteiger partial charge >= 0.3 is 0 Å². The lowest BCUT2D eigenvalue weighted by Crippen LogP contribution is -2.45. The van der Waals surface area contributed by atoms with Crippen LogP contribution in [0, 0.1) is 10.1 Å². The van der Waals surface area contributed by atoms with Crippen LogP contribution in [0.4, 0.5) is 0 Å². The van der Waals surface area contributed by atoms with E-state index in [1.165, 1.54) is 0 Å². The number of carbonyl (C=O) groups excluding carboxylic acids is 1. The lowest BCUT2D eigenvalue weighted by Gasteiger charge is -2.27. The van der Waals surface area contributed by atoms with Crippen LogP contribution in [0.3, 0.4) is 0 Å². The van der Waals surface area contributed by atoms with Crippen molar-refractivity contribution in [2.24, 2.45) is 0 Å². The van der Waals surface area contributed by atoms with E-state index in [-0.39, 0.29) is 23.7 Å². The highest BCUT2D eigenvalue weighted by atomic mass is 16.6. The molecule has 20 heavy (non-hydrogen) atoms. The molecule has 2 aromatic rings. The number of benzene rings is 2. The molecule has 0 aliphatic carbocycles. The van der Waals surface area contributed by atoms with Gasteiger partial charge in [0, 0.05) is 17.8 Å². The molecule has 2 atom stereocenters. The molecule has 0 spiro atoms. The Hall–Kier alpha value is -2.43. The van der Waals surface area contributed by atoms with Crippen molar-refractivity contribution in [3.8, 4) is 0 Å². The van der Waals surface area contributed by atoms with Gasteiger partial charge in [-0.05, 0) is 16.3 Å². The second kappa shape index (κ2) is 4.92. The van der Waals surface area contributed by atoms with E-state index in [0.29, 0.717) is 0 Å². The van der Waals surface area contributed by atoms with Crippen LogP contribution >= 0.6 is 0 Å². The summed E-state index contributed by atoms with van der Waals surface area (Å²) >= 11 is 0. The molecule has 0 radical (unpaired) electrons. The van der Waals surface area contributed by atoms with Crippen LogP contribution in [-0.2, 0) is 4.79 Å². The minimum atomic E-state index is -0.765. The summed E-state index contributed by atoms with van der Waals surface area (Å²) in [6, 6.07) is 12.1. The van der Waals surface area contributed by atoms with Crippen molar-refractivity contribution in [1.29, 1.82) is 0 Å². The van der Waals surface area contributed by atoms with Gasteiger partial charge in [-0.3, -0.25) is 14.9 Å². The number of nitro groups is 1.